The molecule has 0 aliphatic carbocycles. The van der Waals surface area contributed by atoms with Crippen LogP contribution in [0.2, 0.25) is 0 Å². The molecule has 0 saturated carbocycles. The van der Waals surface area contributed by atoms with E-state index in [1.54, 1.807) is 18.2 Å². The molecule has 88 valence electrons. The number of benzene rings is 1. The minimum Gasteiger partial charge on any atom is -0.399 e. The fourth-order valence-corrected chi connectivity index (χ4v) is 1.66. The van der Waals surface area contributed by atoms with Gasteiger partial charge in [-0.05, 0) is 30.7 Å². The summed E-state index contributed by atoms with van der Waals surface area (Å²) in [6.07, 6.45) is 1.52. The number of hydrogen-bond donors (Lipinski definition) is 1. The summed E-state index contributed by atoms with van der Waals surface area (Å²) in [6.45, 7) is 2.28. The maximum Gasteiger partial charge on any atom is 0.261 e. The molecule has 0 unspecified atom stereocenters. The zero-order valence-corrected chi connectivity index (χ0v) is 10.1. The van der Waals surface area contributed by atoms with Crippen molar-refractivity contribution in [3.63, 3.8) is 0 Å². The summed E-state index contributed by atoms with van der Waals surface area (Å²) in [5.74, 6) is 0. The Balaban J connectivity index is 2.61. The van der Waals surface area contributed by atoms with Gasteiger partial charge in [-0.3, -0.25) is 9.36 Å². The molecule has 5 heteroatoms. The standard InChI is InChI=1S/C12H12ClN3O/c1-8(5-13)6-16-7-15-11-3-2-9(14)4-10(11)12(16)17/h2-5,7H,6,14H2,1H3/b8-5-. The number of halogens is 1. The number of nitrogens with two attached hydrogens (primary N) is 1. The zero-order valence-electron chi connectivity index (χ0n) is 9.35. The molecular weight excluding hydrogens is 238 g/mol. The molecule has 0 aliphatic heterocycles. The van der Waals surface area contributed by atoms with Crippen LogP contribution in [0.5, 0.6) is 0 Å². The van der Waals surface area contributed by atoms with Gasteiger partial charge in [0.25, 0.3) is 5.56 Å². The lowest BCUT2D eigenvalue weighted by atomic mass is 10.2. The van der Waals surface area contributed by atoms with E-state index in [9.17, 15) is 4.79 Å². The van der Waals surface area contributed by atoms with Gasteiger partial charge in [0.2, 0.25) is 0 Å². The van der Waals surface area contributed by atoms with E-state index in [1.165, 1.54) is 16.4 Å². The van der Waals surface area contributed by atoms with Crippen molar-refractivity contribution < 1.29 is 0 Å². The quantitative estimate of drug-likeness (QED) is 0.830. The van der Waals surface area contributed by atoms with E-state index in [4.69, 9.17) is 17.3 Å². The molecular formula is C12H12ClN3O. The van der Waals surface area contributed by atoms with Gasteiger partial charge < -0.3 is 5.73 Å². The Labute approximate surface area is 103 Å². The summed E-state index contributed by atoms with van der Waals surface area (Å²) in [7, 11) is 0. The average molecular weight is 250 g/mol. The second-order valence-corrected chi connectivity index (χ2v) is 4.13. The van der Waals surface area contributed by atoms with Gasteiger partial charge in [0, 0.05) is 17.8 Å². The number of aromatic nitrogens is 2. The van der Waals surface area contributed by atoms with Crippen molar-refractivity contribution in [1.29, 1.82) is 0 Å². The Morgan fingerprint density at radius 1 is 1.59 bits per heavy atom. The van der Waals surface area contributed by atoms with Crippen LogP contribution in [0.25, 0.3) is 10.9 Å². The third-order valence-electron chi connectivity index (χ3n) is 2.45. The van der Waals surface area contributed by atoms with Gasteiger partial charge in [0.05, 0.1) is 17.2 Å². The number of hydrogen-bond acceptors (Lipinski definition) is 3. The SMILES string of the molecule is C/C(=C/Cl)Cn1cnc2ccc(N)cc2c1=O. The first kappa shape index (κ1) is 11.7. The molecule has 2 rings (SSSR count). The van der Waals surface area contributed by atoms with Crippen LogP contribution in [0.3, 0.4) is 0 Å². The third-order valence-corrected chi connectivity index (χ3v) is 2.83. The van der Waals surface area contributed by atoms with Crippen molar-refractivity contribution in [2.24, 2.45) is 0 Å². The molecule has 0 aliphatic rings. The molecule has 0 radical (unpaired) electrons. The number of anilines is 1. The maximum atomic E-state index is 12.1. The van der Waals surface area contributed by atoms with Gasteiger partial charge in [-0.25, -0.2) is 4.98 Å². The molecule has 0 saturated heterocycles. The molecule has 4 nitrogen and oxygen atoms in total. The van der Waals surface area contributed by atoms with Gasteiger partial charge in [0.15, 0.2) is 0 Å². The highest BCUT2D eigenvalue weighted by molar-refractivity contribution is 6.25. The van der Waals surface area contributed by atoms with Gasteiger partial charge in [-0.15, -0.1) is 0 Å². The first-order valence-electron chi connectivity index (χ1n) is 5.12. The van der Waals surface area contributed by atoms with E-state index in [1.807, 2.05) is 6.92 Å². The Bertz CT molecular complexity index is 646. The molecule has 0 spiro atoms. The summed E-state index contributed by atoms with van der Waals surface area (Å²) in [6, 6.07) is 5.10. The van der Waals surface area contributed by atoms with Gasteiger partial charge in [0.1, 0.15) is 0 Å². The van der Waals surface area contributed by atoms with Crippen LogP contribution in [0.4, 0.5) is 5.69 Å². The predicted molar refractivity (Wildman–Crippen MR) is 70.0 cm³/mol. The summed E-state index contributed by atoms with van der Waals surface area (Å²) in [5.41, 5.74) is 9.09. The van der Waals surface area contributed by atoms with E-state index < -0.39 is 0 Å². The third kappa shape index (κ3) is 2.31. The Morgan fingerprint density at radius 2 is 2.35 bits per heavy atom. The lowest BCUT2D eigenvalue weighted by molar-refractivity contribution is 0.737. The molecule has 0 amide bonds. The molecule has 17 heavy (non-hydrogen) atoms. The van der Waals surface area contributed by atoms with Crippen LogP contribution >= 0.6 is 11.6 Å². The fraction of sp³-hybridized carbons (Fsp3) is 0.167. The molecule has 2 aromatic rings. The number of nitrogen functional groups attached to an aromatic ring is 1. The predicted octanol–water partition coefficient (Wildman–Crippen LogP) is 2.12. The van der Waals surface area contributed by atoms with Crippen molar-refractivity contribution in [3.05, 3.63) is 46.0 Å². The molecule has 0 fully saturated rings. The number of allylic oxidation sites excluding steroid dienone is 1. The number of nitrogens with zero attached hydrogens (tertiary/aromatic N) is 2. The fourth-order valence-electron chi connectivity index (χ4n) is 1.59. The molecule has 2 N–H and O–H groups in total. The highest BCUT2D eigenvalue weighted by atomic mass is 35.5. The van der Waals surface area contributed by atoms with Crippen molar-refractivity contribution in [3.8, 4) is 0 Å². The van der Waals surface area contributed by atoms with Crippen LogP contribution in [0.15, 0.2) is 40.4 Å². The second-order valence-electron chi connectivity index (χ2n) is 3.91. The normalized spacial score (nSPS) is 12.0. The topological polar surface area (TPSA) is 60.9 Å². The van der Waals surface area contributed by atoms with Gasteiger partial charge >= 0.3 is 0 Å². The average Bonchev–Trinajstić information content (AvgIpc) is 2.33. The molecule has 1 heterocycles. The first-order chi connectivity index (χ1) is 8.11. The smallest absolute Gasteiger partial charge is 0.261 e. The minimum atomic E-state index is -0.111. The summed E-state index contributed by atoms with van der Waals surface area (Å²) < 4.78 is 1.51. The van der Waals surface area contributed by atoms with Crippen molar-refractivity contribution >= 4 is 28.2 Å². The lowest BCUT2D eigenvalue weighted by Crippen LogP contribution is -2.21. The number of fused-ring (bicyclic) bond motifs is 1. The molecule has 0 atom stereocenters. The second kappa shape index (κ2) is 4.59. The Morgan fingerprint density at radius 3 is 3.06 bits per heavy atom. The van der Waals surface area contributed by atoms with Crippen molar-refractivity contribution in [2.75, 3.05) is 5.73 Å². The van der Waals surface area contributed by atoms with E-state index in [2.05, 4.69) is 4.98 Å². The monoisotopic (exact) mass is 249 g/mol. The Hall–Kier alpha value is -1.81. The van der Waals surface area contributed by atoms with E-state index in [0.29, 0.717) is 23.1 Å². The lowest BCUT2D eigenvalue weighted by Gasteiger charge is -2.06. The highest BCUT2D eigenvalue weighted by Gasteiger charge is 2.04. The van der Waals surface area contributed by atoms with Crippen LogP contribution < -0.4 is 11.3 Å². The molecule has 0 bridgehead atoms. The zero-order chi connectivity index (χ0) is 12.4. The summed E-state index contributed by atoms with van der Waals surface area (Å²) >= 11 is 5.58. The van der Waals surface area contributed by atoms with Crippen molar-refractivity contribution in [1.82, 2.24) is 9.55 Å². The van der Waals surface area contributed by atoms with Crippen LogP contribution in [0, 0.1) is 0 Å². The number of rotatable bonds is 2. The highest BCUT2D eigenvalue weighted by Crippen LogP contribution is 2.11. The molecule has 1 aromatic carbocycles. The van der Waals surface area contributed by atoms with E-state index in [-0.39, 0.29) is 5.56 Å². The maximum absolute atomic E-state index is 12.1. The van der Waals surface area contributed by atoms with Crippen LogP contribution in [0.1, 0.15) is 6.92 Å². The Kier molecular flexibility index (Phi) is 3.15. The van der Waals surface area contributed by atoms with Crippen LogP contribution in [-0.4, -0.2) is 9.55 Å². The van der Waals surface area contributed by atoms with Gasteiger partial charge in [-0.2, -0.15) is 0 Å². The molecule has 1 aromatic heterocycles. The van der Waals surface area contributed by atoms with Gasteiger partial charge in [-0.1, -0.05) is 11.6 Å². The van der Waals surface area contributed by atoms with E-state index in [0.717, 1.165) is 5.57 Å². The minimum absolute atomic E-state index is 0.111. The van der Waals surface area contributed by atoms with Crippen LogP contribution in [-0.2, 0) is 6.54 Å². The van der Waals surface area contributed by atoms with E-state index >= 15 is 0 Å². The first-order valence-corrected chi connectivity index (χ1v) is 5.56. The van der Waals surface area contributed by atoms with Crippen molar-refractivity contribution in [2.45, 2.75) is 13.5 Å². The summed E-state index contributed by atoms with van der Waals surface area (Å²) in [4.78, 5) is 16.3. The summed E-state index contributed by atoms with van der Waals surface area (Å²) in [5, 5.41) is 0.523. The largest absolute Gasteiger partial charge is 0.399 e.